The largest absolute Gasteiger partial charge is 0.484 e. The van der Waals surface area contributed by atoms with Crippen LogP contribution in [0.15, 0.2) is 42.7 Å². The van der Waals surface area contributed by atoms with E-state index >= 15 is 0 Å². The van der Waals surface area contributed by atoms with Crippen LogP contribution in [0.25, 0.3) is 0 Å². The van der Waals surface area contributed by atoms with E-state index in [2.05, 4.69) is 20.2 Å². The van der Waals surface area contributed by atoms with Crippen molar-refractivity contribution < 1.29 is 9.53 Å². The average molecular weight is 347 g/mol. The van der Waals surface area contributed by atoms with Crippen molar-refractivity contribution in [1.82, 2.24) is 15.3 Å². The van der Waals surface area contributed by atoms with Crippen molar-refractivity contribution in [1.29, 1.82) is 0 Å². The molecule has 24 heavy (non-hydrogen) atoms. The third kappa shape index (κ3) is 4.58. The van der Waals surface area contributed by atoms with Gasteiger partial charge in [0.05, 0.1) is 0 Å². The number of piperidine rings is 1. The molecule has 1 aromatic carbocycles. The Labute approximate surface area is 145 Å². The third-order valence-corrected chi connectivity index (χ3v) is 4.06. The fraction of sp³-hybridized carbons (Fsp3) is 0.353. The summed E-state index contributed by atoms with van der Waals surface area (Å²) < 4.78 is 5.47. The first-order chi connectivity index (χ1) is 11.7. The molecular formula is C17H19ClN4O2. The maximum absolute atomic E-state index is 12.1. The predicted octanol–water partition coefficient (Wildman–Crippen LogP) is 2.29. The van der Waals surface area contributed by atoms with E-state index in [-0.39, 0.29) is 18.6 Å². The molecule has 7 heteroatoms. The Bertz CT molecular complexity index is 666. The second-order valence-corrected chi connectivity index (χ2v) is 6.08. The van der Waals surface area contributed by atoms with Crippen LogP contribution in [0.4, 0.5) is 5.95 Å². The molecule has 0 radical (unpaired) electrons. The number of hydrogen-bond acceptors (Lipinski definition) is 5. The fourth-order valence-corrected chi connectivity index (χ4v) is 2.81. The smallest absolute Gasteiger partial charge is 0.258 e. The highest BCUT2D eigenvalue weighted by atomic mass is 35.5. The van der Waals surface area contributed by atoms with Gasteiger partial charge in [0.25, 0.3) is 5.91 Å². The Balaban J connectivity index is 1.48. The van der Waals surface area contributed by atoms with Gasteiger partial charge in [-0.15, -0.1) is 0 Å². The molecule has 126 valence electrons. The van der Waals surface area contributed by atoms with E-state index in [1.165, 1.54) is 0 Å². The van der Waals surface area contributed by atoms with E-state index in [0.717, 1.165) is 19.4 Å². The van der Waals surface area contributed by atoms with Crippen LogP contribution in [0.2, 0.25) is 5.02 Å². The van der Waals surface area contributed by atoms with Crippen molar-refractivity contribution in [2.75, 3.05) is 24.6 Å². The summed E-state index contributed by atoms with van der Waals surface area (Å²) in [6, 6.07) is 8.81. The minimum atomic E-state index is -0.134. The quantitative estimate of drug-likeness (QED) is 0.899. The lowest BCUT2D eigenvalue weighted by molar-refractivity contribution is -0.123. The molecule has 6 nitrogen and oxygen atoms in total. The van der Waals surface area contributed by atoms with Crippen LogP contribution in [-0.2, 0) is 4.79 Å². The highest BCUT2D eigenvalue weighted by molar-refractivity contribution is 6.30. The molecule has 0 spiro atoms. The molecule has 1 atom stereocenters. The summed E-state index contributed by atoms with van der Waals surface area (Å²) in [7, 11) is 0. The van der Waals surface area contributed by atoms with Crippen molar-refractivity contribution in [3.05, 3.63) is 47.7 Å². The minimum Gasteiger partial charge on any atom is -0.484 e. The van der Waals surface area contributed by atoms with Gasteiger partial charge < -0.3 is 15.0 Å². The molecule has 1 amide bonds. The Morgan fingerprint density at radius 1 is 1.29 bits per heavy atom. The summed E-state index contributed by atoms with van der Waals surface area (Å²) in [6.07, 6.45) is 5.38. The van der Waals surface area contributed by atoms with Crippen molar-refractivity contribution >= 4 is 23.5 Å². The monoisotopic (exact) mass is 346 g/mol. The van der Waals surface area contributed by atoms with Gasteiger partial charge in [-0.2, -0.15) is 0 Å². The third-order valence-electron chi connectivity index (χ3n) is 3.81. The molecule has 1 fully saturated rings. The number of nitrogens with one attached hydrogen (secondary N) is 1. The zero-order chi connectivity index (χ0) is 16.8. The molecule has 2 aromatic rings. The van der Waals surface area contributed by atoms with Gasteiger partial charge in [-0.1, -0.05) is 11.6 Å². The average Bonchev–Trinajstić information content (AvgIpc) is 2.62. The molecule has 0 bridgehead atoms. The lowest BCUT2D eigenvalue weighted by Crippen LogP contribution is -2.49. The molecule has 1 aromatic heterocycles. The summed E-state index contributed by atoms with van der Waals surface area (Å²) in [5.41, 5.74) is 0. The van der Waals surface area contributed by atoms with Gasteiger partial charge in [0, 0.05) is 36.5 Å². The van der Waals surface area contributed by atoms with Crippen molar-refractivity contribution in [3.8, 4) is 5.75 Å². The molecule has 1 unspecified atom stereocenters. The van der Waals surface area contributed by atoms with Gasteiger partial charge >= 0.3 is 0 Å². The number of ether oxygens (including phenoxy) is 1. The molecule has 3 rings (SSSR count). The van der Waals surface area contributed by atoms with Crippen molar-refractivity contribution in [2.45, 2.75) is 18.9 Å². The Hall–Kier alpha value is -2.34. The standard InChI is InChI=1S/C17H19ClN4O2/c18-13-4-6-15(7-5-13)24-12-16(23)21-14-3-1-10-22(11-14)17-19-8-2-9-20-17/h2,4-9,14H,1,3,10-12H2,(H,21,23). The van der Waals surface area contributed by atoms with Crippen molar-refractivity contribution in [2.24, 2.45) is 0 Å². The zero-order valence-corrected chi connectivity index (χ0v) is 13.9. The predicted molar refractivity (Wildman–Crippen MR) is 92.4 cm³/mol. The van der Waals surface area contributed by atoms with Gasteiger partial charge in [0.15, 0.2) is 6.61 Å². The lowest BCUT2D eigenvalue weighted by atomic mass is 10.1. The summed E-state index contributed by atoms with van der Waals surface area (Å²) in [4.78, 5) is 22.7. The first-order valence-corrected chi connectivity index (χ1v) is 8.28. The number of halogens is 1. The lowest BCUT2D eigenvalue weighted by Gasteiger charge is -2.33. The number of anilines is 1. The summed E-state index contributed by atoms with van der Waals surface area (Å²) in [5, 5.41) is 3.65. The number of hydrogen-bond donors (Lipinski definition) is 1. The molecule has 0 saturated carbocycles. The maximum Gasteiger partial charge on any atom is 0.258 e. The molecule has 1 aliphatic heterocycles. The molecule has 1 N–H and O–H groups in total. The van der Waals surface area contributed by atoms with Gasteiger partial charge in [0.2, 0.25) is 5.95 Å². The molecular weight excluding hydrogens is 328 g/mol. The summed E-state index contributed by atoms with van der Waals surface area (Å²) in [6.45, 7) is 1.59. The van der Waals surface area contributed by atoms with E-state index < -0.39 is 0 Å². The summed E-state index contributed by atoms with van der Waals surface area (Å²) in [5.74, 6) is 1.19. The fourth-order valence-electron chi connectivity index (χ4n) is 2.68. The molecule has 0 aliphatic carbocycles. The highest BCUT2D eigenvalue weighted by Crippen LogP contribution is 2.16. The van der Waals surface area contributed by atoms with Crippen LogP contribution in [-0.4, -0.2) is 41.6 Å². The normalized spacial score (nSPS) is 17.4. The first-order valence-electron chi connectivity index (χ1n) is 7.90. The van der Waals surface area contributed by atoms with Crippen LogP contribution >= 0.6 is 11.6 Å². The van der Waals surface area contributed by atoms with Crippen molar-refractivity contribution in [3.63, 3.8) is 0 Å². The number of carbonyl (C=O) groups excluding carboxylic acids is 1. The molecule has 1 saturated heterocycles. The maximum atomic E-state index is 12.1. The zero-order valence-electron chi connectivity index (χ0n) is 13.2. The number of benzene rings is 1. The van der Waals surface area contributed by atoms with Gasteiger partial charge in [-0.25, -0.2) is 9.97 Å². The van der Waals surface area contributed by atoms with E-state index in [1.54, 1.807) is 42.7 Å². The molecule has 2 heterocycles. The number of aromatic nitrogens is 2. The van der Waals surface area contributed by atoms with Crippen LogP contribution < -0.4 is 15.0 Å². The van der Waals surface area contributed by atoms with Crippen LogP contribution in [0.1, 0.15) is 12.8 Å². The Morgan fingerprint density at radius 3 is 2.79 bits per heavy atom. The first kappa shape index (κ1) is 16.5. The topological polar surface area (TPSA) is 67.3 Å². The van der Waals surface area contributed by atoms with Crippen LogP contribution in [0.3, 0.4) is 0 Å². The Kier molecular flexibility index (Phi) is 5.48. The Morgan fingerprint density at radius 2 is 2.04 bits per heavy atom. The van der Waals surface area contributed by atoms with E-state index in [9.17, 15) is 4.79 Å². The van der Waals surface area contributed by atoms with Gasteiger partial charge in [-0.3, -0.25) is 4.79 Å². The minimum absolute atomic E-state index is 0.0139. The van der Waals surface area contributed by atoms with Gasteiger partial charge in [0.1, 0.15) is 5.75 Å². The second-order valence-electron chi connectivity index (χ2n) is 5.64. The highest BCUT2D eigenvalue weighted by Gasteiger charge is 2.23. The van der Waals surface area contributed by atoms with E-state index in [4.69, 9.17) is 16.3 Å². The van der Waals surface area contributed by atoms with E-state index in [0.29, 0.717) is 23.3 Å². The summed E-state index contributed by atoms with van der Waals surface area (Å²) >= 11 is 5.82. The second kappa shape index (κ2) is 7.97. The number of rotatable bonds is 5. The number of carbonyl (C=O) groups is 1. The van der Waals surface area contributed by atoms with Crippen LogP contribution in [0, 0.1) is 0 Å². The van der Waals surface area contributed by atoms with Gasteiger partial charge in [-0.05, 0) is 43.2 Å². The number of amides is 1. The molecule has 1 aliphatic rings. The number of nitrogens with zero attached hydrogens (tertiary/aromatic N) is 3. The SMILES string of the molecule is O=C(COc1ccc(Cl)cc1)NC1CCCN(c2ncccn2)C1. The van der Waals surface area contributed by atoms with Crippen LogP contribution in [0.5, 0.6) is 5.75 Å². The van der Waals surface area contributed by atoms with E-state index in [1.807, 2.05) is 0 Å².